The van der Waals surface area contributed by atoms with Crippen molar-refractivity contribution in [3.8, 4) is 5.75 Å². The molecule has 1 saturated heterocycles. The van der Waals surface area contributed by atoms with Crippen molar-refractivity contribution in [1.29, 1.82) is 0 Å². The van der Waals surface area contributed by atoms with E-state index in [4.69, 9.17) is 14.6 Å². The number of thioether (sulfide) groups is 1. The van der Waals surface area contributed by atoms with Crippen LogP contribution in [0.15, 0.2) is 70.6 Å². The topological polar surface area (TPSA) is 88.0 Å². The van der Waals surface area contributed by atoms with E-state index in [-0.39, 0.29) is 35.5 Å². The first-order chi connectivity index (χ1) is 14.4. The SMILES string of the molecule is CC(=O)O.COc1ccc2cc(C=C3SC(=Nc4cc[c-]cc4)NC3=O)ccc2c1.[Na+]. The van der Waals surface area contributed by atoms with E-state index in [0.717, 1.165) is 34.7 Å². The quantitative estimate of drug-likeness (QED) is 0.366. The van der Waals surface area contributed by atoms with E-state index in [9.17, 15) is 4.79 Å². The van der Waals surface area contributed by atoms with Crippen LogP contribution in [0.2, 0.25) is 0 Å². The van der Waals surface area contributed by atoms with Crippen LogP contribution in [0.1, 0.15) is 12.5 Å². The van der Waals surface area contributed by atoms with E-state index in [1.807, 2.05) is 48.5 Å². The molecule has 0 bridgehead atoms. The van der Waals surface area contributed by atoms with Gasteiger partial charge in [0.05, 0.1) is 12.0 Å². The Hall–Kier alpha value is -2.58. The average Bonchev–Trinajstić information content (AvgIpc) is 3.06. The van der Waals surface area contributed by atoms with Crippen LogP contribution in [-0.2, 0) is 9.59 Å². The molecule has 3 aromatic carbocycles. The van der Waals surface area contributed by atoms with Gasteiger partial charge in [-0.25, -0.2) is 0 Å². The number of aliphatic imine (C=N–C) groups is 1. The molecule has 1 heterocycles. The monoisotopic (exact) mass is 442 g/mol. The summed E-state index contributed by atoms with van der Waals surface area (Å²) in [5.74, 6) is -0.139. The Morgan fingerprint density at radius 1 is 1.13 bits per heavy atom. The number of carboxylic acid groups (broad SMARTS) is 1. The van der Waals surface area contributed by atoms with Crippen molar-refractivity contribution in [1.82, 2.24) is 5.32 Å². The van der Waals surface area contributed by atoms with Crippen molar-refractivity contribution in [3.63, 3.8) is 0 Å². The summed E-state index contributed by atoms with van der Waals surface area (Å²) in [5, 5.41) is 13.0. The molecule has 0 radical (unpaired) electrons. The Balaban J connectivity index is 0.000000631. The van der Waals surface area contributed by atoms with Gasteiger partial charge in [0.15, 0.2) is 5.17 Å². The number of carbonyl (C=O) groups is 2. The summed E-state index contributed by atoms with van der Waals surface area (Å²) in [5.41, 5.74) is 1.75. The van der Waals surface area contributed by atoms with Crippen molar-refractivity contribution < 1.29 is 49.0 Å². The molecule has 8 heteroatoms. The number of methoxy groups -OCH3 is 1. The minimum Gasteiger partial charge on any atom is -0.497 e. The van der Waals surface area contributed by atoms with Crippen molar-refractivity contribution in [3.05, 3.63) is 77.2 Å². The molecule has 0 unspecified atom stereocenters. The number of amides is 1. The molecule has 1 aliphatic heterocycles. The predicted molar refractivity (Wildman–Crippen MR) is 120 cm³/mol. The molecule has 0 aromatic heterocycles. The summed E-state index contributed by atoms with van der Waals surface area (Å²) in [4.78, 5) is 26.3. The van der Waals surface area contributed by atoms with E-state index in [0.29, 0.717) is 10.1 Å². The molecule has 1 aliphatic rings. The predicted octanol–water partition coefficient (Wildman–Crippen LogP) is 1.64. The number of ether oxygens (including phenoxy) is 1. The van der Waals surface area contributed by atoms with Crippen LogP contribution in [-0.4, -0.2) is 29.3 Å². The molecule has 0 spiro atoms. The van der Waals surface area contributed by atoms with Gasteiger partial charge < -0.3 is 15.2 Å². The number of rotatable bonds is 3. The molecule has 3 aromatic rings. The van der Waals surface area contributed by atoms with Crippen LogP contribution in [0, 0.1) is 6.07 Å². The maximum Gasteiger partial charge on any atom is 1.00 e. The zero-order valence-electron chi connectivity index (χ0n) is 17.4. The number of benzene rings is 3. The third-order valence-electron chi connectivity index (χ3n) is 3.95. The number of nitrogens with one attached hydrogen (secondary N) is 1. The Kier molecular flexibility index (Phi) is 9.33. The van der Waals surface area contributed by atoms with Crippen LogP contribution in [0.5, 0.6) is 5.75 Å². The maximum atomic E-state index is 12.2. The Morgan fingerprint density at radius 2 is 1.77 bits per heavy atom. The zero-order valence-corrected chi connectivity index (χ0v) is 20.2. The van der Waals surface area contributed by atoms with Gasteiger partial charge in [0, 0.05) is 6.92 Å². The largest absolute Gasteiger partial charge is 1.00 e. The minimum atomic E-state index is -0.833. The molecule has 0 atom stereocenters. The fourth-order valence-corrected chi connectivity index (χ4v) is 3.50. The van der Waals surface area contributed by atoms with E-state index in [1.54, 1.807) is 19.2 Å². The fourth-order valence-electron chi connectivity index (χ4n) is 2.66. The van der Waals surface area contributed by atoms with Crippen LogP contribution in [0.4, 0.5) is 5.69 Å². The number of carboxylic acids is 1. The second-order valence-corrected chi connectivity index (χ2v) is 7.26. The van der Waals surface area contributed by atoms with E-state index in [2.05, 4.69) is 22.4 Å². The summed E-state index contributed by atoms with van der Waals surface area (Å²) in [6.07, 6.45) is 1.88. The maximum absolute atomic E-state index is 12.2. The van der Waals surface area contributed by atoms with Gasteiger partial charge in [-0.15, -0.1) is 12.1 Å². The van der Waals surface area contributed by atoms with Crippen molar-refractivity contribution in [2.75, 3.05) is 7.11 Å². The van der Waals surface area contributed by atoms with Crippen molar-refractivity contribution in [2.24, 2.45) is 4.99 Å². The third kappa shape index (κ3) is 7.25. The Morgan fingerprint density at radius 3 is 2.45 bits per heavy atom. The number of hydrogen-bond acceptors (Lipinski definition) is 5. The van der Waals surface area contributed by atoms with Crippen LogP contribution in [0.3, 0.4) is 0 Å². The number of aliphatic carboxylic acids is 1. The van der Waals surface area contributed by atoms with Gasteiger partial charge >= 0.3 is 29.6 Å². The van der Waals surface area contributed by atoms with Gasteiger partial charge in [-0.2, -0.15) is 18.2 Å². The Bertz CT molecular complexity index is 1140. The molecule has 152 valence electrons. The van der Waals surface area contributed by atoms with Gasteiger partial charge in [0.25, 0.3) is 11.9 Å². The van der Waals surface area contributed by atoms with E-state index < -0.39 is 5.97 Å². The number of amidine groups is 1. The minimum absolute atomic E-state index is 0. The van der Waals surface area contributed by atoms with Gasteiger partial charge in [-0.1, -0.05) is 18.2 Å². The molecular weight excluding hydrogens is 423 g/mol. The van der Waals surface area contributed by atoms with Gasteiger partial charge in [-0.3, -0.25) is 14.6 Å². The van der Waals surface area contributed by atoms with Crippen LogP contribution in [0.25, 0.3) is 16.8 Å². The smallest absolute Gasteiger partial charge is 0.497 e. The van der Waals surface area contributed by atoms with E-state index in [1.165, 1.54) is 11.8 Å². The first kappa shape index (κ1) is 24.7. The first-order valence-electron chi connectivity index (χ1n) is 8.97. The number of fused-ring (bicyclic) bond motifs is 1. The number of hydrogen-bond donors (Lipinski definition) is 2. The van der Waals surface area contributed by atoms with Crippen molar-refractivity contribution >= 4 is 51.3 Å². The third-order valence-corrected chi connectivity index (χ3v) is 4.86. The molecule has 0 aliphatic carbocycles. The summed E-state index contributed by atoms with van der Waals surface area (Å²) >= 11 is 1.34. The average molecular weight is 442 g/mol. The van der Waals surface area contributed by atoms with Gasteiger partial charge in [0.1, 0.15) is 5.75 Å². The van der Waals surface area contributed by atoms with Crippen LogP contribution >= 0.6 is 11.8 Å². The molecule has 4 rings (SSSR count). The first-order valence-corrected chi connectivity index (χ1v) is 9.79. The second kappa shape index (κ2) is 11.7. The summed E-state index contributed by atoms with van der Waals surface area (Å²) in [7, 11) is 1.66. The van der Waals surface area contributed by atoms with E-state index >= 15 is 0 Å². The molecular formula is C23H19N2NaO4S. The summed E-state index contributed by atoms with van der Waals surface area (Å²) in [6.45, 7) is 1.08. The Labute approximate surface area is 206 Å². The summed E-state index contributed by atoms with van der Waals surface area (Å²) < 4.78 is 5.25. The second-order valence-electron chi connectivity index (χ2n) is 6.23. The normalized spacial score (nSPS) is 15.1. The molecule has 31 heavy (non-hydrogen) atoms. The zero-order chi connectivity index (χ0) is 21.5. The van der Waals surface area contributed by atoms with Crippen molar-refractivity contribution in [2.45, 2.75) is 6.92 Å². The van der Waals surface area contributed by atoms with Gasteiger partial charge in [0.2, 0.25) is 0 Å². The van der Waals surface area contributed by atoms with Gasteiger partial charge in [-0.05, 0) is 58.1 Å². The number of carbonyl (C=O) groups excluding carboxylic acids is 1. The van der Waals surface area contributed by atoms with Crippen LogP contribution < -0.4 is 39.6 Å². The molecule has 2 N–H and O–H groups in total. The summed E-state index contributed by atoms with van der Waals surface area (Å²) in [6, 6.07) is 22.2. The molecule has 6 nitrogen and oxygen atoms in total. The molecule has 0 saturated carbocycles. The molecule has 1 fully saturated rings. The number of nitrogens with zero attached hydrogens (tertiary/aromatic N) is 1. The standard InChI is InChI=1S/C21H15N2O2S.C2H4O2.Na/c1-25-18-10-9-15-11-14(7-8-16(15)13-18)12-19-20(24)23-21(26-19)22-17-5-3-2-4-6-17;1-2(3)4;/h3-13H,1H3,(H,22,23,24);1H3,(H,3,4);/q-1;;+1. The molecule has 1 amide bonds. The fraction of sp³-hybridized carbons (Fsp3) is 0.0870.